The predicted octanol–water partition coefficient (Wildman–Crippen LogP) is 2.30. The zero-order chi connectivity index (χ0) is 8.27. The van der Waals surface area contributed by atoms with Crippen molar-refractivity contribution in [2.45, 2.75) is 26.4 Å². The first kappa shape index (κ1) is 8.28. The monoisotopic (exact) mass is 150 g/mol. The summed E-state index contributed by atoms with van der Waals surface area (Å²) in [6.07, 6.45) is 0.709. The van der Waals surface area contributed by atoms with Crippen molar-refractivity contribution in [3.63, 3.8) is 0 Å². The molecule has 1 rings (SSSR count). The van der Waals surface area contributed by atoms with Crippen molar-refractivity contribution >= 4 is 0 Å². The number of rotatable bonds is 2. The number of aliphatic hydroxyl groups excluding tert-OH is 1. The van der Waals surface area contributed by atoms with Crippen molar-refractivity contribution in [1.29, 1.82) is 0 Å². The first-order valence-electron chi connectivity index (χ1n) is 4.01. The zero-order valence-corrected chi connectivity index (χ0v) is 7.04. The molecule has 11 heavy (non-hydrogen) atoms. The highest BCUT2D eigenvalue weighted by Gasteiger charge is 1.98. The van der Waals surface area contributed by atoms with Crippen LogP contribution < -0.4 is 0 Å². The Labute approximate surface area is 67.7 Å². The van der Waals surface area contributed by atoms with E-state index in [2.05, 4.69) is 19.1 Å². The van der Waals surface area contributed by atoms with Gasteiger partial charge in [-0.15, -0.1) is 0 Å². The highest BCUT2D eigenvalue weighted by atomic mass is 16.3. The molecule has 1 heteroatoms. The zero-order valence-electron chi connectivity index (χ0n) is 7.04. The molecule has 0 amide bonds. The van der Waals surface area contributed by atoms with Gasteiger partial charge in [-0.1, -0.05) is 31.2 Å². The van der Waals surface area contributed by atoms with Gasteiger partial charge in [0.25, 0.3) is 0 Å². The quantitative estimate of drug-likeness (QED) is 0.685. The van der Waals surface area contributed by atoms with Crippen molar-refractivity contribution in [2.75, 3.05) is 0 Å². The van der Waals surface area contributed by atoms with Gasteiger partial charge in [-0.05, 0) is 24.5 Å². The normalized spacial score (nSPS) is 13.0. The molecule has 0 radical (unpaired) electrons. The smallest absolute Gasteiger partial charge is 0.0761 e. The van der Waals surface area contributed by atoms with E-state index in [0.29, 0.717) is 0 Å². The lowest BCUT2D eigenvalue weighted by Gasteiger charge is -2.04. The summed E-state index contributed by atoms with van der Waals surface area (Å²) in [5.41, 5.74) is 2.30. The topological polar surface area (TPSA) is 20.2 Å². The molecule has 0 heterocycles. The third-order valence-electron chi connectivity index (χ3n) is 1.87. The fourth-order valence-electron chi connectivity index (χ4n) is 1.03. The van der Waals surface area contributed by atoms with Gasteiger partial charge in [0, 0.05) is 0 Å². The van der Waals surface area contributed by atoms with E-state index in [0.717, 1.165) is 12.0 Å². The van der Waals surface area contributed by atoms with E-state index < -0.39 is 0 Å². The molecule has 1 unspecified atom stereocenters. The number of benzene rings is 1. The van der Waals surface area contributed by atoms with Gasteiger partial charge in [-0.2, -0.15) is 0 Å². The van der Waals surface area contributed by atoms with Crippen LogP contribution in [0.4, 0.5) is 0 Å². The van der Waals surface area contributed by atoms with Gasteiger partial charge in [0.05, 0.1) is 6.10 Å². The Morgan fingerprint density at radius 2 is 1.82 bits per heavy atom. The number of aliphatic hydroxyl groups is 1. The van der Waals surface area contributed by atoms with Crippen molar-refractivity contribution in [1.82, 2.24) is 0 Å². The van der Waals surface area contributed by atoms with E-state index in [1.54, 1.807) is 6.92 Å². The lowest BCUT2D eigenvalue weighted by atomic mass is 10.1. The van der Waals surface area contributed by atoms with E-state index in [9.17, 15) is 5.11 Å². The Hall–Kier alpha value is -0.820. The SMILES string of the molecule is CCc1ccc(C(C)O)cc1. The number of hydrogen-bond acceptors (Lipinski definition) is 1. The van der Waals surface area contributed by atoms with Gasteiger partial charge in [0.15, 0.2) is 0 Å². The second-order valence-electron chi connectivity index (χ2n) is 2.77. The van der Waals surface area contributed by atoms with Crippen LogP contribution in [0.1, 0.15) is 31.1 Å². The average molecular weight is 150 g/mol. The van der Waals surface area contributed by atoms with E-state index in [1.165, 1.54) is 5.56 Å². The molecule has 0 aliphatic carbocycles. The highest BCUT2D eigenvalue weighted by molar-refractivity contribution is 5.23. The maximum absolute atomic E-state index is 9.19. The second kappa shape index (κ2) is 3.54. The lowest BCUT2D eigenvalue weighted by molar-refractivity contribution is 0.199. The molecule has 1 aromatic carbocycles. The molecule has 0 spiro atoms. The summed E-state index contributed by atoms with van der Waals surface area (Å²) >= 11 is 0. The number of hydrogen-bond donors (Lipinski definition) is 1. The summed E-state index contributed by atoms with van der Waals surface area (Å²) in [5, 5.41) is 9.19. The fourth-order valence-corrected chi connectivity index (χ4v) is 1.03. The summed E-state index contributed by atoms with van der Waals surface area (Å²) in [6.45, 7) is 3.90. The Kier molecular flexibility index (Phi) is 2.66. The summed E-state index contributed by atoms with van der Waals surface area (Å²) < 4.78 is 0. The molecule has 0 aromatic heterocycles. The van der Waals surface area contributed by atoms with Gasteiger partial charge < -0.3 is 5.11 Å². The van der Waals surface area contributed by atoms with Crippen molar-refractivity contribution in [2.24, 2.45) is 0 Å². The van der Waals surface area contributed by atoms with Crippen LogP contribution in [-0.2, 0) is 6.42 Å². The Balaban J connectivity index is 2.83. The Bertz CT molecular complexity index is 211. The molecule has 0 fully saturated rings. The van der Waals surface area contributed by atoms with Gasteiger partial charge >= 0.3 is 0 Å². The summed E-state index contributed by atoms with van der Waals surface area (Å²) in [6, 6.07) is 8.07. The Morgan fingerprint density at radius 1 is 1.27 bits per heavy atom. The second-order valence-corrected chi connectivity index (χ2v) is 2.77. The molecule has 1 aromatic rings. The third-order valence-corrected chi connectivity index (χ3v) is 1.87. The van der Waals surface area contributed by atoms with Crippen LogP contribution in [0.2, 0.25) is 0 Å². The van der Waals surface area contributed by atoms with Gasteiger partial charge in [-0.3, -0.25) is 0 Å². The first-order valence-corrected chi connectivity index (χ1v) is 4.01. The minimum absolute atomic E-state index is 0.346. The Morgan fingerprint density at radius 3 is 2.18 bits per heavy atom. The molecule has 1 atom stereocenters. The third kappa shape index (κ3) is 2.05. The molecular weight excluding hydrogens is 136 g/mol. The molecule has 0 saturated heterocycles. The van der Waals surface area contributed by atoms with Gasteiger partial charge in [0.2, 0.25) is 0 Å². The molecule has 1 nitrogen and oxygen atoms in total. The largest absolute Gasteiger partial charge is 0.389 e. The van der Waals surface area contributed by atoms with Crippen LogP contribution >= 0.6 is 0 Å². The fraction of sp³-hybridized carbons (Fsp3) is 0.400. The van der Waals surface area contributed by atoms with Crippen LogP contribution in [-0.4, -0.2) is 5.11 Å². The average Bonchev–Trinajstić information content (AvgIpc) is 2.05. The molecule has 60 valence electrons. The van der Waals surface area contributed by atoms with E-state index >= 15 is 0 Å². The standard InChI is InChI=1S/C10H14O/c1-3-9-4-6-10(7-5-9)8(2)11/h4-8,11H,3H2,1-2H3. The highest BCUT2D eigenvalue weighted by Crippen LogP contribution is 2.12. The summed E-state index contributed by atoms with van der Waals surface area (Å²) in [7, 11) is 0. The van der Waals surface area contributed by atoms with Crippen LogP contribution in [0.25, 0.3) is 0 Å². The number of aryl methyl sites for hydroxylation is 1. The van der Waals surface area contributed by atoms with Gasteiger partial charge in [0.1, 0.15) is 0 Å². The molecule has 1 N–H and O–H groups in total. The van der Waals surface area contributed by atoms with Crippen molar-refractivity contribution in [3.05, 3.63) is 35.4 Å². The van der Waals surface area contributed by atoms with E-state index in [4.69, 9.17) is 0 Å². The summed E-state index contributed by atoms with van der Waals surface area (Å²) in [4.78, 5) is 0. The van der Waals surface area contributed by atoms with Crippen LogP contribution in [0.5, 0.6) is 0 Å². The minimum Gasteiger partial charge on any atom is -0.389 e. The summed E-state index contributed by atoms with van der Waals surface area (Å²) in [5.74, 6) is 0. The van der Waals surface area contributed by atoms with Crippen LogP contribution in [0, 0.1) is 0 Å². The molecule has 0 bridgehead atoms. The maximum Gasteiger partial charge on any atom is 0.0761 e. The van der Waals surface area contributed by atoms with Crippen molar-refractivity contribution < 1.29 is 5.11 Å². The van der Waals surface area contributed by atoms with E-state index in [-0.39, 0.29) is 6.10 Å². The molecule has 0 aliphatic rings. The first-order chi connectivity index (χ1) is 5.24. The van der Waals surface area contributed by atoms with Crippen LogP contribution in [0.15, 0.2) is 24.3 Å². The molecular formula is C10H14O. The maximum atomic E-state index is 9.19. The molecule has 0 saturated carbocycles. The predicted molar refractivity (Wildman–Crippen MR) is 46.5 cm³/mol. The van der Waals surface area contributed by atoms with E-state index in [1.807, 2.05) is 12.1 Å². The van der Waals surface area contributed by atoms with Crippen LogP contribution in [0.3, 0.4) is 0 Å². The minimum atomic E-state index is -0.346. The van der Waals surface area contributed by atoms with Crippen molar-refractivity contribution in [3.8, 4) is 0 Å². The lowest BCUT2D eigenvalue weighted by Crippen LogP contribution is -1.90. The van der Waals surface area contributed by atoms with Gasteiger partial charge in [-0.25, -0.2) is 0 Å². The molecule has 0 aliphatic heterocycles.